The first kappa shape index (κ1) is 39.5. The molecule has 3 fully saturated rings. The third-order valence-corrected chi connectivity index (χ3v) is 14.3. The van der Waals surface area contributed by atoms with Crippen LogP contribution in [0.1, 0.15) is 196 Å². The number of fused-ring (bicyclic) bond motifs is 5. The monoisotopic (exact) mass is 663 g/mol. The highest BCUT2D eigenvalue weighted by Crippen LogP contribution is 2.66. The highest BCUT2D eigenvalue weighted by Gasteiger charge is 2.57. The summed E-state index contributed by atoms with van der Waals surface area (Å²) in [6, 6.07) is 0. The number of unbranched alkanes of at least 4 members (excludes halogenated alkanes) is 14. The standard InChI is InChI=1S/C46H78O2/c1-8-9-10-11-12-13-14-15-16-17-18-19-20-21-22-23-44(47)48-39-30-32-45(6)38(34-39)26-27-40-42-29-28-41(46(42,7)33-31-43(40)45)37(5)25-24-36(4)35(2)3/h24-27,35-37,39,41-43H,8-23,28-34H2,1-7H3/b25-24+/t36-,37+,39-,41+,42-,43-,45-,46+/m0/s1. The van der Waals surface area contributed by atoms with Crippen LogP contribution in [-0.4, -0.2) is 12.1 Å². The van der Waals surface area contributed by atoms with Gasteiger partial charge in [-0.15, -0.1) is 0 Å². The maximum absolute atomic E-state index is 12.8. The summed E-state index contributed by atoms with van der Waals surface area (Å²) in [5, 5.41) is 0. The van der Waals surface area contributed by atoms with Gasteiger partial charge in [0, 0.05) is 12.8 Å². The lowest BCUT2D eigenvalue weighted by atomic mass is 9.50. The molecule has 0 spiro atoms. The van der Waals surface area contributed by atoms with E-state index in [0.29, 0.717) is 35.5 Å². The van der Waals surface area contributed by atoms with E-state index >= 15 is 0 Å². The Morgan fingerprint density at radius 3 is 1.96 bits per heavy atom. The molecule has 2 heteroatoms. The molecule has 274 valence electrons. The largest absolute Gasteiger partial charge is 0.462 e. The third kappa shape index (κ3) is 10.4. The molecular weight excluding hydrogens is 585 g/mol. The first-order chi connectivity index (χ1) is 23.1. The van der Waals surface area contributed by atoms with Crippen LogP contribution in [0.5, 0.6) is 0 Å². The summed E-state index contributed by atoms with van der Waals surface area (Å²) in [4.78, 5) is 12.8. The zero-order chi connectivity index (χ0) is 34.6. The van der Waals surface area contributed by atoms with Crippen LogP contribution in [0.25, 0.3) is 0 Å². The molecule has 4 aliphatic carbocycles. The molecule has 4 aliphatic rings. The molecule has 0 bridgehead atoms. The van der Waals surface area contributed by atoms with Gasteiger partial charge in [-0.1, -0.05) is 174 Å². The predicted octanol–water partition coefficient (Wildman–Crippen LogP) is 14.1. The zero-order valence-electron chi connectivity index (χ0n) is 32.9. The zero-order valence-corrected chi connectivity index (χ0v) is 32.9. The van der Waals surface area contributed by atoms with Crippen LogP contribution in [0, 0.1) is 46.3 Å². The fourth-order valence-electron chi connectivity index (χ4n) is 10.6. The van der Waals surface area contributed by atoms with Crippen molar-refractivity contribution in [1.82, 2.24) is 0 Å². The van der Waals surface area contributed by atoms with Crippen LogP contribution in [0.15, 0.2) is 35.5 Å². The van der Waals surface area contributed by atoms with Crippen molar-refractivity contribution in [3.05, 3.63) is 35.5 Å². The molecule has 0 heterocycles. The topological polar surface area (TPSA) is 26.3 Å². The Morgan fingerprint density at radius 2 is 1.35 bits per heavy atom. The van der Waals surface area contributed by atoms with Gasteiger partial charge in [-0.25, -0.2) is 0 Å². The second-order valence-corrected chi connectivity index (χ2v) is 18.0. The molecule has 0 saturated heterocycles. The predicted molar refractivity (Wildman–Crippen MR) is 207 cm³/mol. The number of ether oxygens (including phenoxy) is 1. The third-order valence-electron chi connectivity index (χ3n) is 14.3. The lowest BCUT2D eigenvalue weighted by Crippen LogP contribution is -2.46. The summed E-state index contributed by atoms with van der Waals surface area (Å²) in [7, 11) is 0. The number of allylic oxidation sites excluding steroid dienone is 5. The summed E-state index contributed by atoms with van der Waals surface area (Å²) in [5.41, 5.74) is 4.00. The van der Waals surface area contributed by atoms with Gasteiger partial charge in [-0.05, 0) is 91.3 Å². The van der Waals surface area contributed by atoms with Crippen molar-refractivity contribution >= 4 is 5.97 Å². The molecule has 8 atom stereocenters. The van der Waals surface area contributed by atoms with Crippen LogP contribution >= 0.6 is 0 Å². The Morgan fingerprint density at radius 1 is 0.750 bits per heavy atom. The smallest absolute Gasteiger partial charge is 0.306 e. The Labute approximate surface area is 298 Å². The summed E-state index contributed by atoms with van der Waals surface area (Å²) >= 11 is 0. The number of carbonyl (C=O) groups is 1. The van der Waals surface area contributed by atoms with E-state index in [1.807, 2.05) is 0 Å². The fraction of sp³-hybridized carbons (Fsp3) is 0.848. The van der Waals surface area contributed by atoms with Gasteiger partial charge in [0.15, 0.2) is 0 Å². The van der Waals surface area contributed by atoms with Crippen molar-refractivity contribution < 1.29 is 9.53 Å². The normalized spacial score (nSPS) is 31.2. The summed E-state index contributed by atoms with van der Waals surface area (Å²) in [6.07, 6.45) is 39.6. The highest BCUT2D eigenvalue weighted by atomic mass is 16.5. The lowest BCUT2D eigenvalue weighted by molar-refractivity contribution is -0.151. The average Bonchev–Trinajstić information content (AvgIpc) is 3.42. The Bertz CT molecular complexity index is 1060. The van der Waals surface area contributed by atoms with Crippen LogP contribution in [-0.2, 0) is 9.53 Å². The molecule has 0 aromatic heterocycles. The molecule has 0 aromatic carbocycles. The van der Waals surface area contributed by atoms with E-state index in [9.17, 15) is 4.79 Å². The average molecular weight is 663 g/mol. The van der Waals surface area contributed by atoms with E-state index in [0.717, 1.165) is 37.5 Å². The molecule has 0 aromatic rings. The first-order valence-corrected chi connectivity index (χ1v) is 21.4. The number of rotatable bonds is 21. The molecule has 0 aliphatic heterocycles. The van der Waals surface area contributed by atoms with Gasteiger partial charge >= 0.3 is 5.97 Å². The highest BCUT2D eigenvalue weighted by molar-refractivity contribution is 5.69. The van der Waals surface area contributed by atoms with Crippen LogP contribution in [0.2, 0.25) is 0 Å². The quantitative estimate of drug-likeness (QED) is 0.0694. The first-order valence-electron chi connectivity index (χ1n) is 21.4. The summed E-state index contributed by atoms with van der Waals surface area (Å²) in [5.74, 6) is 4.27. The fourth-order valence-corrected chi connectivity index (χ4v) is 10.6. The molecule has 0 unspecified atom stereocenters. The Kier molecular flexibility index (Phi) is 15.9. The van der Waals surface area contributed by atoms with Crippen molar-refractivity contribution in [2.45, 2.75) is 202 Å². The Balaban J connectivity index is 1.14. The molecule has 0 N–H and O–H groups in total. The number of hydrogen-bond acceptors (Lipinski definition) is 2. The maximum Gasteiger partial charge on any atom is 0.306 e. The van der Waals surface area contributed by atoms with Crippen molar-refractivity contribution in [2.24, 2.45) is 46.3 Å². The number of carbonyl (C=O) groups excluding carboxylic acids is 1. The van der Waals surface area contributed by atoms with E-state index in [-0.39, 0.29) is 17.5 Å². The van der Waals surface area contributed by atoms with Gasteiger partial charge in [0.25, 0.3) is 0 Å². The van der Waals surface area contributed by atoms with E-state index in [1.165, 1.54) is 116 Å². The van der Waals surface area contributed by atoms with Gasteiger partial charge in [0.05, 0.1) is 0 Å². The van der Waals surface area contributed by atoms with Gasteiger partial charge in [0.1, 0.15) is 6.10 Å². The molecule has 2 nitrogen and oxygen atoms in total. The van der Waals surface area contributed by atoms with E-state index in [1.54, 1.807) is 11.1 Å². The number of hydrogen-bond donors (Lipinski definition) is 0. The number of esters is 1. The molecule has 4 rings (SSSR count). The van der Waals surface area contributed by atoms with Gasteiger partial charge in [-0.3, -0.25) is 4.79 Å². The molecule has 0 radical (unpaired) electrons. The van der Waals surface area contributed by atoms with Gasteiger partial charge < -0.3 is 4.74 Å². The van der Waals surface area contributed by atoms with Crippen LogP contribution in [0.3, 0.4) is 0 Å². The van der Waals surface area contributed by atoms with E-state index < -0.39 is 0 Å². The SMILES string of the molecule is CCCCCCCCCCCCCCCCCC(=O)O[C@H]1CC[C@@]2(C)C(=CC=C3[C@@H]4CC[C@H]([C@H](C)/C=C/[C@H](C)C(C)C)[C@@]4(C)CC[C@@H]32)C1. The summed E-state index contributed by atoms with van der Waals surface area (Å²) < 4.78 is 6.11. The van der Waals surface area contributed by atoms with E-state index in [4.69, 9.17) is 4.74 Å². The van der Waals surface area contributed by atoms with Crippen molar-refractivity contribution in [1.29, 1.82) is 0 Å². The Hall–Kier alpha value is -1.31. The van der Waals surface area contributed by atoms with Crippen molar-refractivity contribution in [2.75, 3.05) is 0 Å². The minimum absolute atomic E-state index is 0.0438. The minimum atomic E-state index is 0.0438. The molecule has 48 heavy (non-hydrogen) atoms. The molecule has 3 saturated carbocycles. The van der Waals surface area contributed by atoms with Crippen LogP contribution in [0.4, 0.5) is 0 Å². The molecular formula is C46H78O2. The van der Waals surface area contributed by atoms with Gasteiger partial charge in [-0.2, -0.15) is 0 Å². The van der Waals surface area contributed by atoms with E-state index in [2.05, 4.69) is 72.8 Å². The maximum atomic E-state index is 12.8. The minimum Gasteiger partial charge on any atom is -0.462 e. The van der Waals surface area contributed by atoms with Crippen molar-refractivity contribution in [3.8, 4) is 0 Å². The van der Waals surface area contributed by atoms with Crippen LogP contribution < -0.4 is 0 Å². The lowest BCUT2D eigenvalue weighted by Gasteiger charge is -2.55. The van der Waals surface area contributed by atoms with Gasteiger partial charge in [0.2, 0.25) is 0 Å². The van der Waals surface area contributed by atoms with Crippen molar-refractivity contribution in [3.63, 3.8) is 0 Å². The summed E-state index contributed by atoms with van der Waals surface area (Å²) in [6.45, 7) is 17.0. The second-order valence-electron chi connectivity index (χ2n) is 18.0. The second kappa shape index (κ2) is 19.3. The molecule has 0 amide bonds.